The fourth-order valence-corrected chi connectivity index (χ4v) is 4.93. The Morgan fingerprint density at radius 3 is 2.40 bits per heavy atom. The second-order valence-corrected chi connectivity index (χ2v) is 8.44. The Bertz CT molecular complexity index is 1080. The van der Waals surface area contributed by atoms with Gasteiger partial charge in [-0.2, -0.15) is 0 Å². The second-order valence-electron chi connectivity index (χ2n) is 6.79. The number of amides is 3. The van der Waals surface area contributed by atoms with Crippen molar-refractivity contribution in [3.8, 4) is 0 Å². The summed E-state index contributed by atoms with van der Waals surface area (Å²) >= 11 is 6.43. The Morgan fingerprint density at radius 1 is 1.00 bits per heavy atom. The lowest BCUT2D eigenvalue weighted by Crippen LogP contribution is -2.38. The third-order valence-corrected chi connectivity index (χ3v) is 6.40. The molecule has 4 rings (SSSR count). The molecule has 0 aromatic heterocycles. The van der Waals surface area contributed by atoms with Crippen LogP contribution in [0.2, 0.25) is 0 Å². The maximum absolute atomic E-state index is 13.3. The van der Waals surface area contributed by atoms with Crippen LogP contribution in [-0.4, -0.2) is 40.0 Å². The van der Waals surface area contributed by atoms with Crippen LogP contribution in [0.15, 0.2) is 59.5 Å². The monoisotopic (exact) mass is 437 g/mol. The van der Waals surface area contributed by atoms with Crippen molar-refractivity contribution in [3.63, 3.8) is 0 Å². The SMILES string of the molecule is CCN1C(=O)/C(=C2/C(=O)N(CC(=O)NCc3ccccc3)c3ccccc32)SC1=S. The Kier molecular flexibility index (Phi) is 5.69. The maximum atomic E-state index is 13.3. The molecule has 0 aliphatic carbocycles. The average molecular weight is 438 g/mol. The van der Waals surface area contributed by atoms with E-state index in [4.69, 9.17) is 12.2 Å². The zero-order valence-corrected chi connectivity index (χ0v) is 17.9. The van der Waals surface area contributed by atoms with Gasteiger partial charge in [0.1, 0.15) is 10.9 Å². The van der Waals surface area contributed by atoms with E-state index >= 15 is 0 Å². The van der Waals surface area contributed by atoms with Crippen LogP contribution in [0.3, 0.4) is 0 Å². The number of nitrogens with zero attached hydrogens (tertiary/aromatic N) is 2. The molecule has 2 aromatic carbocycles. The lowest BCUT2D eigenvalue weighted by molar-refractivity contribution is -0.122. The number of nitrogens with one attached hydrogen (secondary N) is 1. The summed E-state index contributed by atoms with van der Waals surface area (Å²) in [4.78, 5) is 41.8. The highest BCUT2D eigenvalue weighted by atomic mass is 32.2. The van der Waals surface area contributed by atoms with Gasteiger partial charge in [-0.1, -0.05) is 72.5 Å². The highest BCUT2D eigenvalue weighted by molar-refractivity contribution is 8.26. The Balaban J connectivity index is 1.60. The van der Waals surface area contributed by atoms with E-state index in [1.165, 1.54) is 9.80 Å². The van der Waals surface area contributed by atoms with Crippen molar-refractivity contribution in [3.05, 3.63) is 70.6 Å². The molecule has 2 aromatic rings. The normalized spacial score (nSPS) is 18.2. The van der Waals surface area contributed by atoms with E-state index in [2.05, 4.69) is 5.32 Å². The molecule has 1 saturated heterocycles. The summed E-state index contributed by atoms with van der Waals surface area (Å²) in [5, 5.41) is 2.84. The van der Waals surface area contributed by atoms with Gasteiger partial charge in [-0.05, 0) is 18.6 Å². The summed E-state index contributed by atoms with van der Waals surface area (Å²) in [6.07, 6.45) is 0. The number of anilines is 1. The van der Waals surface area contributed by atoms with E-state index in [0.29, 0.717) is 39.1 Å². The summed E-state index contributed by atoms with van der Waals surface area (Å²) in [6.45, 7) is 2.54. The summed E-state index contributed by atoms with van der Waals surface area (Å²) in [6, 6.07) is 16.8. The topological polar surface area (TPSA) is 69.7 Å². The highest BCUT2D eigenvalue weighted by Gasteiger charge is 2.41. The second kappa shape index (κ2) is 8.41. The van der Waals surface area contributed by atoms with Gasteiger partial charge in [-0.3, -0.25) is 24.2 Å². The minimum absolute atomic E-state index is 0.125. The van der Waals surface area contributed by atoms with Crippen molar-refractivity contribution in [2.24, 2.45) is 0 Å². The van der Waals surface area contributed by atoms with E-state index in [1.54, 1.807) is 18.2 Å². The van der Waals surface area contributed by atoms with Crippen molar-refractivity contribution in [2.45, 2.75) is 13.5 Å². The molecule has 30 heavy (non-hydrogen) atoms. The number of likely N-dealkylation sites (N-methyl/N-ethyl adjacent to an activating group) is 1. The molecular weight excluding hydrogens is 418 g/mol. The van der Waals surface area contributed by atoms with Crippen LogP contribution in [0.4, 0.5) is 5.69 Å². The number of hydrogen-bond donors (Lipinski definition) is 1. The van der Waals surface area contributed by atoms with Gasteiger partial charge in [-0.15, -0.1) is 0 Å². The van der Waals surface area contributed by atoms with Crippen molar-refractivity contribution in [1.29, 1.82) is 0 Å². The van der Waals surface area contributed by atoms with E-state index in [9.17, 15) is 14.4 Å². The van der Waals surface area contributed by atoms with Gasteiger partial charge < -0.3 is 5.32 Å². The molecule has 1 fully saturated rings. The molecule has 0 bridgehead atoms. The predicted molar refractivity (Wildman–Crippen MR) is 122 cm³/mol. The summed E-state index contributed by atoms with van der Waals surface area (Å²) in [5.74, 6) is -0.895. The number of fused-ring (bicyclic) bond motifs is 1. The van der Waals surface area contributed by atoms with Crippen LogP contribution in [0.25, 0.3) is 5.57 Å². The number of carbonyl (C=O) groups excluding carboxylic acids is 3. The molecule has 6 nitrogen and oxygen atoms in total. The molecule has 0 spiro atoms. The van der Waals surface area contributed by atoms with Gasteiger partial charge in [0.25, 0.3) is 11.8 Å². The van der Waals surface area contributed by atoms with Crippen molar-refractivity contribution in [1.82, 2.24) is 10.2 Å². The highest BCUT2D eigenvalue weighted by Crippen LogP contribution is 2.44. The number of thiocarbonyl (C=S) groups is 1. The molecule has 0 radical (unpaired) electrons. The summed E-state index contributed by atoms with van der Waals surface area (Å²) < 4.78 is 0.439. The predicted octanol–water partition coefficient (Wildman–Crippen LogP) is 2.94. The molecule has 2 aliphatic rings. The number of rotatable bonds is 5. The first-order valence-corrected chi connectivity index (χ1v) is 10.7. The molecule has 0 atom stereocenters. The zero-order valence-electron chi connectivity index (χ0n) is 16.3. The summed E-state index contributed by atoms with van der Waals surface area (Å²) in [5.41, 5.74) is 2.56. The standard InChI is InChI=1S/C22H19N3O3S2/c1-2-24-21(28)19(30-22(24)29)18-15-10-6-7-11-16(15)25(20(18)27)13-17(26)23-12-14-8-4-3-5-9-14/h3-11H,2,12-13H2,1H3,(H,23,26)/b19-18-. The quantitative estimate of drug-likeness (QED) is 0.575. The molecule has 2 heterocycles. The van der Waals surface area contributed by atoms with Crippen LogP contribution in [-0.2, 0) is 20.9 Å². The van der Waals surface area contributed by atoms with Gasteiger partial charge in [0.15, 0.2) is 0 Å². The number of thioether (sulfide) groups is 1. The van der Waals surface area contributed by atoms with Gasteiger partial charge in [-0.25, -0.2) is 0 Å². The molecule has 2 aliphatic heterocycles. The number of hydrogen-bond acceptors (Lipinski definition) is 5. The molecule has 1 N–H and O–H groups in total. The van der Waals surface area contributed by atoms with Gasteiger partial charge in [0, 0.05) is 18.7 Å². The lowest BCUT2D eigenvalue weighted by Gasteiger charge is -2.16. The number of carbonyl (C=O) groups is 3. The van der Waals surface area contributed by atoms with Crippen LogP contribution in [0.1, 0.15) is 18.1 Å². The Hall–Kier alpha value is -2.97. The smallest absolute Gasteiger partial charge is 0.266 e. The zero-order chi connectivity index (χ0) is 21.3. The first kappa shape index (κ1) is 20.3. The van der Waals surface area contributed by atoms with E-state index in [0.717, 1.165) is 17.3 Å². The van der Waals surface area contributed by atoms with Crippen LogP contribution in [0, 0.1) is 0 Å². The van der Waals surface area contributed by atoms with Crippen molar-refractivity contribution >= 4 is 57.3 Å². The fraction of sp³-hybridized carbons (Fsp3) is 0.182. The van der Waals surface area contributed by atoms with Crippen LogP contribution in [0.5, 0.6) is 0 Å². The molecule has 0 saturated carbocycles. The van der Waals surface area contributed by atoms with E-state index in [-0.39, 0.29) is 24.3 Å². The molecular formula is C22H19N3O3S2. The van der Waals surface area contributed by atoms with Gasteiger partial charge in [0.2, 0.25) is 5.91 Å². The molecule has 152 valence electrons. The van der Waals surface area contributed by atoms with Crippen molar-refractivity contribution in [2.75, 3.05) is 18.0 Å². The third kappa shape index (κ3) is 3.64. The van der Waals surface area contributed by atoms with Crippen LogP contribution >= 0.6 is 24.0 Å². The first-order chi connectivity index (χ1) is 14.5. The maximum Gasteiger partial charge on any atom is 0.266 e. The molecule has 3 amide bonds. The minimum atomic E-state index is -0.359. The lowest BCUT2D eigenvalue weighted by atomic mass is 10.1. The van der Waals surface area contributed by atoms with E-state index in [1.807, 2.05) is 43.3 Å². The van der Waals surface area contributed by atoms with E-state index < -0.39 is 0 Å². The fourth-order valence-electron chi connectivity index (χ4n) is 3.47. The summed E-state index contributed by atoms with van der Waals surface area (Å²) in [7, 11) is 0. The molecule has 0 unspecified atom stereocenters. The van der Waals surface area contributed by atoms with Gasteiger partial charge in [0.05, 0.1) is 16.2 Å². The van der Waals surface area contributed by atoms with Crippen LogP contribution < -0.4 is 10.2 Å². The number of benzene rings is 2. The largest absolute Gasteiger partial charge is 0.350 e. The van der Waals surface area contributed by atoms with Gasteiger partial charge >= 0.3 is 0 Å². The first-order valence-electron chi connectivity index (χ1n) is 9.51. The van der Waals surface area contributed by atoms with Crippen molar-refractivity contribution < 1.29 is 14.4 Å². The Labute approximate surface area is 183 Å². The minimum Gasteiger partial charge on any atom is -0.350 e. The number of para-hydroxylation sites is 1. The molecule has 8 heteroatoms. The average Bonchev–Trinajstić information content (AvgIpc) is 3.19. The Morgan fingerprint density at radius 2 is 1.70 bits per heavy atom. The third-order valence-electron chi connectivity index (χ3n) is 4.95.